The summed E-state index contributed by atoms with van der Waals surface area (Å²) in [6, 6.07) is 13.1. The van der Waals surface area contributed by atoms with Crippen LogP contribution in [0.5, 0.6) is 5.75 Å². The monoisotopic (exact) mass is 325 g/mol. The van der Waals surface area contributed by atoms with Gasteiger partial charge in [0.2, 0.25) is 0 Å². The zero-order valence-electron chi connectivity index (χ0n) is 13.1. The zero-order valence-corrected chi connectivity index (χ0v) is 13.9. The van der Waals surface area contributed by atoms with Crippen molar-refractivity contribution in [2.24, 2.45) is 7.05 Å². The number of aryl methyl sites for hydroxylation is 1. The van der Waals surface area contributed by atoms with Gasteiger partial charge in [-0.25, -0.2) is 0 Å². The Kier molecular flexibility index (Phi) is 3.89. The molecule has 0 amide bonds. The van der Waals surface area contributed by atoms with Crippen LogP contribution in [0, 0.1) is 0 Å². The molecule has 0 aliphatic carbocycles. The number of thiophene rings is 1. The summed E-state index contributed by atoms with van der Waals surface area (Å²) in [5, 5.41) is 6.24. The van der Waals surface area contributed by atoms with E-state index in [2.05, 4.69) is 51.8 Å². The topological polar surface area (TPSA) is 30.3 Å². The summed E-state index contributed by atoms with van der Waals surface area (Å²) >= 11 is 1.78. The molecule has 3 heterocycles. The molecule has 3 aromatic rings. The van der Waals surface area contributed by atoms with E-state index >= 15 is 0 Å². The van der Waals surface area contributed by atoms with E-state index in [4.69, 9.17) is 4.74 Å². The number of likely N-dealkylation sites (tertiary alicyclic amines) is 1. The highest BCUT2D eigenvalue weighted by atomic mass is 32.1. The first kappa shape index (κ1) is 14.5. The van der Waals surface area contributed by atoms with E-state index in [1.807, 2.05) is 13.2 Å². The Morgan fingerprint density at radius 3 is 2.70 bits per heavy atom. The molecule has 1 saturated heterocycles. The molecule has 0 radical (unpaired) electrons. The summed E-state index contributed by atoms with van der Waals surface area (Å²) < 4.78 is 7.65. The summed E-state index contributed by atoms with van der Waals surface area (Å²) in [7, 11) is 1.90. The van der Waals surface area contributed by atoms with Crippen molar-refractivity contribution in [1.29, 1.82) is 0 Å². The summed E-state index contributed by atoms with van der Waals surface area (Å²) in [5.74, 6) is 0.859. The van der Waals surface area contributed by atoms with Crippen LogP contribution < -0.4 is 4.74 Å². The summed E-state index contributed by atoms with van der Waals surface area (Å²) in [6.07, 6.45) is 3.96. The predicted octanol–water partition coefficient (Wildman–Crippen LogP) is 3.41. The smallest absolute Gasteiger partial charge is 0.157 e. The van der Waals surface area contributed by atoms with Crippen molar-refractivity contribution in [3.05, 3.63) is 59.7 Å². The third-order valence-corrected chi connectivity index (χ3v) is 4.99. The third-order valence-electron chi connectivity index (χ3n) is 4.07. The fourth-order valence-corrected chi connectivity index (χ4v) is 3.59. The van der Waals surface area contributed by atoms with E-state index in [1.54, 1.807) is 22.2 Å². The molecule has 5 heteroatoms. The minimum absolute atomic E-state index is 0.282. The lowest BCUT2D eigenvalue weighted by molar-refractivity contribution is 0.0145. The number of aromatic nitrogens is 2. The van der Waals surface area contributed by atoms with Gasteiger partial charge in [-0.2, -0.15) is 5.10 Å². The maximum Gasteiger partial charge on any atom is 0.157 e. The van der Waals surface area contributed by atoms with Gasteiger partial charge in [0.1, 0.15) is 6.10 Å². The zero-order chi connectivity index (χ0) is 15.6. The second-order valence-electron chi connectivity index (χ2n) is 5.96. The maximum absolute atomic E-state index is 5.88. The van der Waals surface area contributed by atoms with Gasteiger partial charge in [0.05, 0.1) is 12.4 Å². The van der Waals surface area contributed by atoms with Crippen LogP contribution in [-0.4, -0.2) is 33.9 Å². The molecule has 0 unspecified atom stereocenters. The molecule has 4 rings (SSSR count). The molecular weight excluding hydrogens is 306 g/mol. The SMILES string of the molecule is Cn1cc(OC2CN(Cc3ccc(-c4cccs4)cc3)C2)cn1. The van der Waals surface area contributed by atoms with Crippen LogP contribution in [0.25, 0.3) is 10.4 Å². The number of hydrogen-bond donors (Lipinski definition) is 0. The van der Waals surface area contributed by atoms with Gasteiger partial charge in [0.25, 0.3) is 0 Å². The van der Waals surface area contributed by atoms with Crippen molar-refractivity contribution in [3.8, 4) is 16.2 Å². The molecule has 0 bridgehead atoms. The van der Waals surface area contributed by atoms with Crippen molar-refractivity contribution >= 4 is 11.3 Å². The fourth-order valence-electron chi connectivity index (χ4n) is 2.85. The van der Waals surface area contributed by atoms with E-state index < -0.39 is 0 Å². The number of rotatable bonds is 5. The largest absolute Gasteiger partial charge is 0.484 e. The van der Waals surface area contributed by atoms with Crippen LogP contribution in [-0.2, 0) is 13.6 Å². The first-order valence-electron chi connectivity index (χ1n) is 7.77. The quantitative estimate of drug-likeness (QED) is 0.720. The van der Waals surface area contributed by atoms with Crippen LogP contribution in [0.4, 0.5) is 0 Å². The molecule has 0 atom stereocenters. The first-order valence-corrected chi connectivity index (χ1v) is 8.65. The maximum atomic E-state index is 5.88. The van der Waals surface area contributed by atoms with Gasteiger partial charge in [0, 0.05) is 31.6 Å². The fraction of sp³-hybridized carbons (Fsp3) is 0.278. The van der Waals surface area contributed by atoms with Gasteiger partial charge < -0.3 is 4.74 Å². The Morgan fingerprint density at radius 1 is 1.22 bits per heavy atom. The van der Waals surface area contributed by atoms with Crippen LogP contribution in [0.1, 0.15) is 5.56 Å². The second-order valence-corrected chi connectivity index (χ2v) is 6.91. The van der Waals surface area contributed by atoms with E-state index in [0.717, 1.165) is 25.4 Å². The molecule has 0 saturated carbocycles. The van der Waals surface area contributed by atoms with Gasteiger partial charge in [-0.15, -0.1) is 11.3 Å². The van der Waals surface area contributed by atoms with E-state index in [0.29, 0.717) is 0 Å². The summed E-state index contributed by atoms with van der Waals surface area (Å²) in [5.41, 5.74) is 2.65. The van der Waals surface area contributed by atoms with Crippen LogP contribution >= 0.6 is 11.3 Å². The minimum atomic E-state index is 0.282. The normalized spacial score (nSPS) is 15.5. The van der Waals surface area contributed by atoms with Gasteiger partial charge >= 0.3 is 0 Å². The average molecular weight is 325 g/mol. The summed E-state index contributed by atoms with van der Waals surface area (Å²) in [6.45, 7) is 2.93. The molecule has 23 heavy (non-hydrogen) atoms. The van der Waals surface area contributed by atoms with E-state index in [9.17, 15) is 0 Å². The lowest BCUT2D eigenvalue weighted by atomic mass is 10.1. The molecule has 2 aromatic heterocycles. The Balaban J connectivity index is 1.29. The molecule has 1 fully saturated rings. The number of nitrogens with zero attached hydrogens (tertiary/aromatic N) is 3. The summed E-state index contributed by atoms with van der Waals surface area (Å²) in [4.78, 5) is 3.73. The Hall–Kier alpha value is -2.11. The Bertz CT molecular complexity index is 758. The molecule has 118 valence electrons. The molecule has 1 aliphatic heterocycles. The third kappa shape index (κ3) is 3.30. The highest BCUT2D eigenvalue weighted by Gasteiger charge is 2.28. The van der Waals surface area contributed by atoms with E-state index in [-0.39, 0.29) is 6.10 Å². The average Bonchev–Trinajstić information content (AvgIpc) is 3.17. The van der Waals surface area contributed by atoms with Crippen molar-refractivity contribution in [2.75, 3.05) is 13.1 Å². The van der Waals surface area contributed by atoms with E-state index in [1.165, 1.54) is 16.0 Å². The Morgan fingerprint density at radius 2 is 2.04 bits per heavy atom. The van der Waals surface area contributed by atoms with Gasteiger partial charge in [0.15, 0.2) is 5.75 Å². The van der Waals surface area contributed by atoms with Crippen LogP contribution in [0.15, 0.2) is 54.2 Å². The van der Waals surface area contributed by atoms with Crippen molar-refractivity contribution < 1.29 is 4.74 Å². The standard InChI is InChI=1S/C18H19N3OS/c1-20-11-16(9-19-20)22-17-12-21(13-17)10-14-4-6-15(7-5-14)18-3-2-8-23-18/h2-9,11,17H,10,12-13H2,1H3. The lowest BCUT2D eigenvalue weighted by Gasteiger charge is -2.38. The minimum Gasteiger partial charge on any atom is -0.484 e. The highest BCUT2D eigenvalue weighted by Crippen LogP contribution is 2.25. The van der Waals surface area contributed by atoms with Crippen molar-refractivity contribution in [1.82, 2.24) is 14.7 Å². The van der Waals surface area contributed by atoms with Gasteiger partial charge in [-0.1, -0.05) is 30.3 Å². The van der Waals surface area contributed by atoms with Crippen molar-refractivity contribution in [2.45, 2.75) is 12.6 Å². The second kappa shape index (κ2) is 6.18. The highest BCUT2D eigenvalue weighted by molar-refractivity contribution is 7.13. The number of ether oxygens (including phenoxy) is 1. The molecule has 4 nitrogen and oxygen atoms in total. The molecular formula is C18H19N3OS. The van der Waals surface area contributed by atoms with Crippen molar-refractivity contribution in [3.63, 3.8) is 0 Å². The number of hydrogen-bond acceptors (Lipinski definition) is 4. The molecule has 1 aromatic carbocycles. The van der Waals surface area contributed by atoms with Gasteiger partial charge in [-0.3, -0.25) is 9.58 Å². The molecule has 1 aliphatic rings. The number of benzene rings is 1. The molecule has 0 N–H and O–H groups in total. The van der Waals surface area contributed by atoms with Crippen LogP contribution in [0.3, 0.4) is 0 Å². The van der Waals surface area contributed by atoms with Gasteiger partial charge in [-0.05, 0) is 22.6 Å². The predicted molar refractivity (Wildman–Crippen MR) is 92.7 cm³/mol. The molecule has 0 spiro atoms. The lowest BCUT2D eigenvalue weighted by Crippen LogP contribution is -2.53. The first-order chi connectivity index (χ1) is 11.3. The Labute approximate surface area is 139 Å². The van der Waals surface area contributed by atoms with Crippen LogP contribution in [0.2, 0.25) is 0 Å².